The number of benzene rings is 2. The maximum Gasteiger partial charge on any atom is 0.344 e. The number of ketones is 1. The Morgan fingerprint density at radius 3 is 2.84 bits per heavy atom. The van der Waals surface area contributed by atoms with Gasteiger partial charge in [0.05, 0.1) is 18.3 Å². The van der Waals surface area contributed by atoms with Gasteiger partial charge in [0, 0.05) is 22.2 Å². The van der Waals surface area contributed by atoms with Crippen molar-refractivity contribution in [2.45, 2.75) is 33.5 Å². The van der Waals surface area contributed by atoms with E-state index in [1.54, 1.807) is 51.1 Å². The molecule has 2 aliphatic heterocycles. The van der Waals surface area contributed by atoms with Crippen LogP contribution in [0.25, 0.3) is 6.08 Å². The molecule has 8 heteroatoms. The van der Waals surface area contributed by atoms with Crippen LogP contribution in [0.1, 0.15) is 40.9 Å². The van der Waals surface area contributed by atoms with E-state index in [0.717, 1.165) is 5.56 Å². The number of carbonyl (C=O) groups is 2. The molecule has 2 aliphatic rings. The molecule has 0 amide bonds. The molecule has 0 aliphatic carbocycles. The summed E-state index contributed by atoms with van der Waals surface area (Å²) in [5.41, 5.74) is 2.56. The van der Waals surface area contributed by atoms with Crippen LogP contribution in [0, 0.1) is 6.92 Å². The number of hydrogen-bond acceptors (Lipinski definition) is 7. The van der Waals surface area contributed by atoms with Gasteiger partial charge in [0.25, 0.3) is 0 Å². The van der Waals surface area contributed by atoms with E-state index in [9.17, 15) is 9.59 Å². The quantitative estimate of drug-likeness (QED) is 0.497. The van der Waals surface area contributed by atoms with Gasteiger partial charge in [-0.2, -0.15) is 0 Å². The maximum atomic E-state index is 13.0. The summed E-state index contributed by atoms with van der Waals surface area (Å²) in [6.45, 7) is 5.57. The van der Waals surface area contributed by atoms with Gasteiger partial charge in [0.2, 0.25) is 5.78 Å². The molecule has 0 bridgehead atoms. The fourth-order valence-electron chi connectivity index (χ4n) is 3.46. The van der Waals surface area contributed by atoms with Gasteiger partial charge >= 0.3 is 5.97 Å². The maximum absolute atomic E-state index is 13.0. The summed E-state index contributed by atoms with van der Waals surface area (Å²) in [4.78, 5) is 24.7. The van der Waals surface area contributed by atoms with Crippen LogP contribution >= 0.6 is 11.6 Å². The molecule has 0 radical (unpaired) electrons. The molecule has 7 nitrogen and oxygen atoms in total. The molecule has 2 aromatic carbocycles. The van der Waals surface area contributed by atoms with E-state index in [1.165, 1.54) is 0 Å². The molecule has 0 saturated heterocycles. The minimum atomic E-state index is -0.472. The second-order valence-corrected chi connectivity index (χ2v) is 7.91. The van der Waals surface area contributed by atoms with Crippen molar-refractivity contribution in [1.29, 1.82) is 0 Å². The van der Waals surface area contributed by atoms with E-state index in [1.807, 2.05) is 0 Å². The van der Waals surface area contributed by atoms with Gasteiger partial charge < -0.3 is 23.7 Å². The molecule has 4 rings (SSSR count). The highest BCUT2D eigenvalue weighted by atomic mass is 35.5. The first-order chi connectivity index (χ1) is 14.8. The van der Waals surface area contributed by atoms with Gasteiger partial charge in [0.15, 0.2) is 19.2 Å². The number of hydrogen-bond donors (Lipinski definition) is 0. The van der Waals surface area contributed by atoms with E-state index in [2.05, 4.69) is 0 Å². The van der Waals surface area contributed by atoms with Crippen LogP contribution in [-0.4, -0.2) is 31.3 Å². The molecule has 162 valence electrons. The zero-order valence-electron chi connectivity index (χ0n) is 17.3. The van der Waals surface area contributed by atoms with Gasteiger partial charge in [-0.05, 0) is 50.6 Å². The Bertz CT molecular complexity index is 1090. The number of ether oxygens (including phenoxy) is 5. The number of rotatable bonds is 5. The van der Waals surface area contributed by atoms with Crippen molar-refractivity contribution in [3.63, 3.8) is 0 Å². The minimum absolute atomic E-state index is 0.124. The van der Waals surface area contributed by atoms with Crippen molar-refractivity contribution in [2.24, 2.45) is 0 Å². The predicted octanol–water partition coefficient (Wildman–Crippen LogP) is 4.46. The smallest absolute Gasteiger partial charge is 0.344 e. The first-order valence-corrected chi connectivity index (χ1v) is 10.1. The van der Waals surface area contributed by atoms with Crippen LogP contribution in [-0.2, 0) is 20.9 Å². The Balaban J connectivity index is 1.59. The predicted molar refractivity (Wildman–Crippen MR) is 113 cm³/mol. The largest absolute Gasteiger partial charge is 0.482 e. The Hall–Kier alpha value is -3.03. The zero-order valence-corrected chi connectivity index (χ0v) is 18.1. The topological polar surface area (TPSA) is 80.3 Å². The minimum Gasteiger partial charge on any atom is -0.482 e. The van der Waals surface area contributed by atoms with Crippen LogP contribution in [0.3, 0.4) is 0 Å². The molecule has 0 atom stereocenters. The zero-order chi connectivity index (χ0) is 22.1. The van der Waals surface area contributed by atoms with Gasteiger partial charge in [-0.1, -0.05) is 11.6 Å². The number of aryl methyl sites for hydroxylation is 1. The Morgan fingerprint density at radius 2 is 2.06 bits per heavy atom. The third kappa shape index (κ3) is 4.52. The van der Waals surface area contributed by atoms with Crippen molar-refractivity contribution in [3.8, 4) is 17.2 Å². The van der Waals surface area contributed by atoms with Gasteiger partial charge in [0.1, 0.15) is 17.2 Å². The number of carbonyl (C=O) groups excluding carboxylic acids is 2. The third-order valence-electron chi connectivity index (χ3n) is 4.66. The molecule has 0 saturated carbocycles. The monoisotopic (exact) mass is 444 g/mol. The molecule has 0 unspecified atom stereocenters. The molecule has 0 fully saturated rings. The van der Waals surface area contributed by atoms with E-state index in [-0.39, 0.29) is 31.0 Å². The summed E-state index contributed by atoms with van der Waals surface area (Å²) in [5.74, 6) is 0.809. The fraction of sp³-hybridized carbons (Fsp3) is 0.304. The summed E-state index contributed by atoms with van der Waals surface area (Å²) < 4.78 is 27.3. The Morgan fingerprint density at radius 1 is 1.26 bits per heavy atom. The molecule has 0 spiro atoms. The summed E-state index contributed by atoms with van der Waals surface area (Å²) in [7, 11) is 0. The van der Waals surface area contributed by atoms with Gasteiger partial charge in [-0.15, -0.1) is 0 Å². The summed E-state index contributed by atoms with van der Waals surface area (Å²) in [6.07, 6.45) is 1.39. The Kier molecular flexibility index (Phi) is 5.89. The first kappa shape index (κ1) is 21.2. The second kappa shape index (κ2) is 8.61. The highest BCUT2D eigenvalue weighted by Crippen LogP contribution is 2.39. The lowest BCUT2D eigenvalue weighted by atomic mass is 10.0. The molecule has 2 aromatic rings. The van der Waals surface area contributed by atoms with Crippen molar-refractivity contribution >= 4 is 29.4 Å². The van der Waals surface area contributed by atoms with E-state index in [4.69, 9.17) is 35.3 Å². The summed E-state index contributed by atoms with van der Waals surface area (Å²) in [5, 5.41) is 0.503. The van der Waals surface area contributed by atoms with Crippen LogP contribution in [0.2, 0.25) is 5.02 Å². The van der Waals surface area contributed by atoms with E-state index in [0.29, 0.717) is 45.6 Å². The third-order valence-corrected chi connectivity index (χ3v) is 4.88. The number of esters is 1. The lowest BCUT2D eigenvalue weighted by Gasteiger charge is -2.20. The van der Waals surface area contributed by atoms with Crippen molar-refractivity contribution < 1.29 is 33.3 Å². The van der Waals surface area contributed by atoms with E-state index >= 15 is 0 Å². The second-order valence-electron chi connectivity index (χ2n) is 7.47. The normalized spacial score (nSPS) is 15.9. The Labute approximate surface area is 184 Å². The summed E-state index contributed by atoms with van der Waals surface area (Å²) in [6, 6.07) is 6.75. The molecule has 0 N–H and O–H groups in total. The van der Waals surface area contributed by atoms with Crippen LogP contribution in [0.15, 0.2) is 30.0 Å². The van der Waals surface area contributed by atoms with Gasteiger partial charge in [-0.25, -0.2) is 4.79 Å². The highest BCUT2D eigenvalue weighted by Gasteiger charge is 2.31. The standard InChI is InChI=1S/C23H21ClO7/c1-12(2)30-20(25)10-28-17-4-13(3)21-18(8-17)31-19(22(21)26)7-14-5-16(24)6-15-9-27-11-29-23(14)15/h4-8,12H,9-11H2,1-3H3/b19-7-. The lowest BCUT2D eigenvalue weighted by Crippen LogP contribution is -2.18. The lowest BCUT2D eigenvalue weighted by molar-refractivity contribution is -0.149. The SMILES string of the molecule is Cc1cc(OCC(=O)OC(C)C)cc2c1C(=O)/C(=C/c1cc(Cl)cc3c1OCOC3)O2. The molecular weight excluding hydrogens is 424 g/mol. The average Bonchev–Trinajstić information content (AvgIpc) is 3.01. The number of halogens is 1. The van der Waals surface area contributed by atoms with Crippen LogP contribution in [0.5, 0.6) is 17.2 Å². The summed E-state index contributed by atoms with van der Waals surface area (Å²) >= 11 is 6.21. The number of Topliss-reactive ketones (excluding diaryl/α,β-unsaturated/α-hetero) is 1. The van der Waals surface area contributed by atoms with Crippen LogP contribution in [0.4, 0.5) is 0 Å². The van der Waals surface area contributed by atoms with Crippen molar-refractivity contribution in [3.05, 3.63) is 57.3 Å². The van der Waals surface area contributed by atoms with Gasteiger partial charge in [-0.3, -0.25) is 4.79 Å². The molecule has 31 heavy (non-hydrogen) atoms. The number of allylic oxidation sites excluding steroid dienone is 1. The van der Waals surface area contributed by atoms with Crippen molar-refractivity contribution in [2.75, 3.05) is 13.4 Å². The molecule has 2 heterocycles. The fourth-order valence-corrected chi connectivity index (χ4v) is 3.71. The van der Waals surface area contributed by atoms with Crippen molar-refractivity contribution in [1.82, 2.24) is 0 Å². The molecule has 0 aromatic heterocycles. The first-order valence-electron chi connectivity index (χ1n) is 9.76. The molecular formula is C23H21ClO7. The van der Waals surface area contributed by atoms with Crippen LogP contribution < -0.4 is 14.2 Å². The number of fused-ring (bicyclic) bond motifs is 2. The average molecular weight is 445 g/mol. The highest BCUT2D eigenvalue weighted by molar-refractivity contribution is 6.31. The van der Waals surface area contributed by atoms with E-state index < -0.39 is 5.97 Å².